The first kappa shape index (κ1) is 19.4. The third-order valence-corrected chi connectivity index (χ3v) is 4.69. The van der Waals surface area contributed by atoms with Crippen LogP contribution in [0.4, 0.5) is 5.69 Å². The van der Waals surface area contributed by atoms with Crippen LogP contribution in [0.3, 0.4) is 0 Å². The molecular formula is C21H20N2O4S. The van der Waals surface area contributed by atoms with Gasteiger partial charge in [0.25, 0.3) is 5.91 Å². The Morgan fingerprint density at radius 3 is 2.39 bits per heavy atom. The molecule has 2 aromatic carbocycles. The third kappa shape index (κ3) is 5.34. The summed E-state index contributed by atoms with van der Waals surface area (Å²) in [5.74, 6) is 1.55. The van der Waals surface area contributed by atoms with Crippen molar-refractivity contribution in [3.8, 4) is 17.2 Å². The van der Waals surface area contributed by atoms with Gasteiger partial charge in [-0.05, 0) is 47.8 Å². The standard InChI is InChI=1S/C21H20N2O4S/c1-26-17-5-2-3-6-18(17)27-16-10-8-15(9-11-16)23-20(24)12-13-22-21(25)19-7-4-14-28-19/h2-11,14H,12-13H2,1H3,(H,22,25)(H,23,24). The van der Waals surface area contributed by atoms with Gasteiger partial charge in [0.1, 0.15) is 5.75 Å². The summed E-state index contributed by atoms with van der Waals surface area (Å²) in [5, 5.41) is 7.36. The lowest BCUT2D eigenvalue weighted by Crippen LogP contribution is -2.27. The lowest BCUT2D eigenvalue weighted by molar-refractivity contribution is -0.116. The molecule has 0 spiro atoms. The van der Waals surface area contributed by atoms with E-state index in [0.29, 0.717) is 27.8 Å². The smallest absolute Gasteiger partial charge is 0.261 e. The van der Waals surface area contributed by atoms with Crippen molar-refractivity contribution in [1.82, 2.24) is 5.32 Å². The van der Waals surface area contributed by atoms with Crippen molar-refractivity contribution < 1.29 is 19.1 Å². The van der Waals surface area contributed by atoms with Gasteiger partial charge in [-0.2, -0.15) is 0 Å². The van der Waals surface area contributed by atoms with Gasteiger partial charge in [0.15, 0.2) is 11.5 Å². The Hall–Kier alpha value is -3.32. The molecule has 0 aliphatic carbocycles. The number of hydrogen-bond donors (Lipinski definition) is 2. The van der Waals surface area contributed by atoms with Crippen LogP contribution < -0.4 is 20.1 Å². The van der Waals surface area contributed by atoms with Gasteiger partial charge in [-0.3, -0.25) is 9.59 Å². The molecule has 2 N–H and O–H groups in total. The molecule has 0 radical (unpaired) electrons. The van der Waals surface area contributed by atoms with Gasteiger partial charge in [-0.25, -0.2) is 0 Å². The number of amides is 2. The number of carbonyl (C=O) groups excluding carboxylic acids is 2. The minimum Gasteiger partial charge on any atom is -0.493 e. The van der Waals surface area contributed by atoms with Crippen molar-refractivity contribution >= 4 is 28.8 Å². The van der Waals surface area contributed by atoms with E-state index in [1.807, 2.05) is 35.7 Å². The highest BCUT2D eigenvalue weighted by Gasteiger charge is 2.08. The van der Waals surface area contributed by atoms with E-state index in [4.69, 9.17) is 9.47 Å². The zero-order chi connectivity index (χ0) is 19.8. The molecule has 1 aromatic heterocycles. The Balaban J connectivity index is 1.47. The van der Waals surface area contributed by atoms with Crippen molar-refractivity contribution in [3.05, 3.63) is 70.9 Å². The number of ether oxygens (including phenoxy) is 2. The summed E-state index contributed by atoms with van der Waals surface area (Å²) in [5.41, 5.74) is 0.655. The molecule has 0 unspecified atom stereocenters. The minimum atomic E-state index is -0.176. The average Bonchev–Trinajstić information content (AvgIpc) is 3.25. The highest BCUT2D eigenvalue weighted by molar-refractivity contribution is 7.12. The fourth-order valence-electron chi connectivity index (χ4n) is 2.44. The molecule has 144 valence electrons. The molecule has 6 nitrogen and oxygen atoms in total. The maximum absolute atomic E-state index is 12.0. The zero-order valence-electron chi connectivity index (χ0n) is 15.3. The van der Waals surface area contributed by atoms with Crippen LogP contribution in [0.2, 0.25) is 0 Å². The Bertz CT molecular complexity index is 924. The number of methoxy groups -OCH3 is 1. The second-order valence-corrected chi connectivity index (χ2v) is 6.76. The van der Waals surface area contributed by atoms with Gasteiger partial charge in [-0.1, -0.05) is 18.2 Å². The van der Waals surface area contributed by atoms with Crippen LogP contribution in [0.25, 0.3) is 0 Å². The molecule has 0 aliphatic heterocycles. The van der Waals surface area contributed by atoms with E-state index in [-0.39, 0.29) is 24.8 Å². The molecular weight excluding hydrogens is 376 g/mol. The zero-order valence-corrected chi connectivity index (χ0v) is 16.1. The summed E-state index contributed by atoms with van der Waals surface area (Å²) in [7, 11) is 1.59. The summed E-state index contributed by atoms with van der Waals surface area (Å²) in [6.45, 7) is 0.275. The number of carbonyl (C=O) groups is 2. The predicted molar refractivity (Wildman–Crippen MR) is 109 cm³/mol. The molecule has 0 fully saturated rings. The summed E-state index contributed by atoms with van der Waals surface area (Å²) in [4.78, 5) is 24.5. The van der Waals surface area contributed by atoms with Crippen LogP contribution in [-0.2, 0) is 4.79 Å². The second kappa shape index (κ2) is 9.57. The van der Waals surface area contributed by atoms with Gasteiger partial charge in [0, 0.05) is 18.7 Å². The SMILES string of the molecule is COc1ccccc1Oc1ccc(NC(=O)CCNC(=O)c2cccs2)cc1. The van der Waals surface area contributed by atoms with Crippen molar-refractivity contribution in [3.63, 3.8) is 0 Å². The molecule has 0 bridgehead atoms. The molecule has 28 heavy (non-hydrogen) atoms. The van der Waals surface area contributed by atoms with Crippen LogP contribution in [0.15, 0.2) is 66.0 Å². The molecule has 2 amide bonds. The molecule has 3 rings (SSSR count). The normalized spacial score (nSPS) is 10.2. The maximum atomic E-state index is 12.0. The van der Waals surface area contributed by atoms with Crippen molar-refractivity contribution in [2.24, 2.45) is 0 Å². The van der Waals surface area contributed by atoms with E-state index in [1.54, 1.807) is 37.4 Å². The fourth-order valence-corrected chi connectivity index (χ4v) is 3.08. The first-order valence-electron chi connectivity index (χ1n) is 8.68. The quantitative estimate of drug-likeness (QED) is 0.595. The largest absolute Gasteiger partial charge is 0.493 e. The van der Waals surface area contributed by atoms with E-state index in [9.17, 15) is 9.59 Å². The molecule has 7 heteroatoms. The van der Waals surface area contributed by atoms with Crippen molar-refractivity contribution in [1.29, 1.82) is 0 Å². The number of benzene rings is 2. The van der Waals surface area contributed by atoms with Crippen LogP contribution in [0, 0.1) is 0 Å². The van der Waals surface area contributed by atoms with E-state index in [1.165, 1.54) is 11.3 Å². The number of hydrogen-bond acceptors (Lipinski definition) is 5. The first-order valence-corrected chi connectivity index (χ1v) is 9.56. The Morgan fingerprint density at radius 1 is 0.964 bits per heavy atom. The number of nitrogens with one attached hydrogen (secondary N) is 2. The topological polar surface area (TPSA) is 76.7 Å². The Kier molecular flexibility index (Phi) is 6.64. The van der Waals surface area contributed by atoms with Gasteiger partial charge in [-0.15, -0.1) is 11.3 Å². The van der Waals surface area contributed by atoms with Crippen molar-refractivity contribution in [2.45, 2.75) is 6.42 Å². The lowest BCUT2D eigenvalue weighted by Gasteiger charge is -2.11. The Morgan fingerprint density at radius 2 is 1.71 bits per heavy atom. The fraction of sp³-hybridized carbons (Fsp3) is 0.143. The maximum Gasteiger partial charge on any atom is 0.261 e. The van der Waals surface area contributed by atoms with E-state index >= 15 is 0 Å². The van der Waals surface area contributed by atoms with Crippen LogP contribution in [0.1, 0.15) is 16.1 Å². The Labute approximate surface area is 167 Å². The van der Waals surface area contributed by atoms with Crippen molar-refractivity contribution in [2.75, 3.05) is 19.0 Å². The highest BCUT2D eigenvalue weighted by Crippen LogP contribution is 2.31. The van der Waals surface area contributed by atoms with Crippen LogP contribution >= 0.6 is 11.3 Å². The molecule has 3 aromatic rings. The first-order chi connectivity index (χ1) is 13.7. The number of anilines is 1. The monoisotopic (exact) mass is 396 g/mol. The number of para-hydroxylation sites is 2. The highest BCUT2D eigenvalue weighted by atomic mass is 32.1. The summed E-state index contributed by atoms with van der Waals surface area (Å²) < 4.78 is 11.1. The van der Waals surface area contributed by atoms with Gasteiger partial charge in [0.05, 0.1) is 12.0 Å². The minimum absolute atomic E-state index is 0.166. The molecule has 0 atom stereocenters. The van der Waals surface area contributed by atoms with Crippen LogP contribution in [0.5, 0.6) is 17.2 Å². The molecule has 0 saturated heterocycles. The van der Waals surface area contributed by atoms with Gasteiger partial charge in [0.2, 0.25) is 5.91 Å². The van der Waals surface area contributed by atoms with E-state index in [0.717, 1.165) is 0 Å². The van der Waals surface area contributed by atoms with Gasteiger partial charge >= 0.3 is 0 Å². The van der Waals surface area contributed by atoms with E-state index < -0.39 is 0 Å². The number of rotatable bonds is 8. The summed E-state index contributed by atoms with van der Waals surface area (Å²) in [6, 6.07) is 18.0. The predicted octanol–water partition coefficient (Wildman–Crippen LogP) is 4.31. The van der Waals surface area contributed by atoms with E-state index in [2.05, 4.69) is 10.6 Å². The molecule has 1 heterocycles. The molecule has 0 saturated carbocycles. The third-order valence-electron chi connectivity index (χ3n) is 3.82. The van der Waals surface area contributed by atoms with Crippen LogP contribution in [-0.4, -0.2) is 25.5 Å². The number of thiophene rings is 1. The average molecular weight is 396 g/mol. The lowest BCUT2D eigenvalue weighted by atomic mass is 10.2. The second-order valence-electron chi connectivity index (χ2n) is 5.81. The summed E-state index contributed by atoms with van der Waals surface area (Å²) >= 11 is 1.36. The summed E-state index contributed by atoms with van der Waals surface area (Å²) in [6.07, 6.45) is 0.191. The molecule has 0 aliphatic rings. The van der Waals surface area contributed by atoms with Gasteiger partial charge < -0.3 is 20.1 Å².